The summed E-state index contributed by atoms with van der Waals surface area (Å²) in [5.74, 6) is 0. The average molecular weight is 673 g/mol. The smallest absolute Gasteiger partial charge is 0.137 e. The fourth-order valence-corrected chi connectivity index (χ4v) is 9.62. The summed E-state index contributed by atoms with van der Waals surface area (Å²) in [6.45, 7) is 0. The Balaban J connectivity index is 1.21. The zero-order valence-electron chi connectivity index (χ0n) is 28.5. The Labute approximate surface area is 303 Å². The van der Waals surface area contributed by atoms with E-state index in [1.807, 2.05) is 6.07 Å². The van der Waals surface area contributed by atoms with E-state index < -0.39 is 0 Å². The molecule has 0 N–H and O–H groups in total. The minimum Gasteiger partial charge on any atom is -0.456 e. The monoisotopic (exact) mass is 672 g/mol. The second-order valence-electron chi connectivity index (χ2n) is 14.4. The van der Waals surface area contributed by atoms with Crippen LogP contribution in [0.4, 0.5) is 0 Å². The van der Waals surface area contributed by atoms with Gasteiger partial charge in [0.1, 0.15) is 11.2 Å². The molecule has 12 aromatic rings. The summed E-state index contributed by atoms with van der Waals surface area (Å²) < 4.78 is 11.5. The second kappa shape index (κ2) is 9.81. The lowest BCUT2D eigenvalue weighted by Gasteiger charge is -2.13. The Hall–Kier alpha value is -7.10. The molecule has 0 unspecified atom stereocenters. The summed E-state index contributed by atoms with van der Waals surface area (Å²) in [7, 11) is 0. The maximum atomic E-state index is 6.55. The van der Waals surface area contributed by atoms with Gasteiger partial charge in [-0.2, -0.15) is 0 Å². The number of hydrogen-bond donors (Lipinski definition) is 0. The van der Waals surface area contributed by atoms with E-state index in [9.17, 15) is 0 Å². The first kappa shape index (κ1) is 27.6. The quantitative estimate of drug-likeness (QED) is 0.179. The van der Waals surface area contributed by atoms with Crippen molar-refractivity contribution in [2.24, 2.45) is 0 Å². The number of rotatable bonds is 2. The molecule has 1 aliphatic carbocycles. The number of furan rings is 1. The molecule has 0 atom stereocenters. The third kappa shape index (κ3) is 3.49. The standard InChI is InChI=1S/C50H28N2O/c1-2-14-32-29(10-1)11-9-20-42(32)52-43-19-5-3-16-38(43)49-44(52)25-24-37-40-27-41-34-15-4-6-21-46(34)53-47(41)28-45(40)51(50(37)49)31-22-23-33-35-17-7-12-30-13-8-18-36(48(30)35)39(33)26-31/h1-28H. The molecule has 3 heteroatoms. The minimum absolute atomic E-state index is 0.899. The SMILES string of the molecule is c1ccc2c(-n3c4ccccc4c4c3ccc3c5cc6c(cc5n(-c5ccc7c(c5)-c5cccc8cccc-7c58)c34)oc3ccccc36)cccc2c1. The van der Waals surface area contributed by atoms with Gasteiger partial charge in [-0.15, -0.1) is 0 Å². The number of hydrogen-bond acceptors (Lipinski definition) is 1. The van der Waals surface area contributed by atoms with Crippen molar-refractivity contribution in [1.82, 2.24) is 9.13 Å². The predicted octanol–water partition coefficient (Wildman–Crippen LogP) is 13.7. The summed E-state index contributed by atoms with van der Waals surface area (Å²) in [5.41, 5.74) is 14.0. The van der Waals surface area contributed by atoms with E-state index in [2.05, 4.69) is 173 Å². The summed E-state index contributed by atoms with van der Waals surface area (Å²) in [6, 6.07) is 62.3. The van der Waals surface area contributed by atoms with Crippen molar-refractivity contribution < 1.29 is 4.42 Å². The van der Waals surface area contributed by atoms with Gasteiger partial charge in [0, 0.05) is 49.5 Å². The van der Waals surface area contributed by atoms with Gasteiger partial charge in [-0.05, 0) is 80.9 Å². The maximum Gasteiger partial charge on any atom is 0.137 e. The lowest BCUT2D eigenvalue weighted by molar-refractivity contribution is 0.669. The highest BCUT2D eigenvalue weighted by Crippen LogP contribution is 2.49. The highest BCUT2D eigenvalue weighted by molar-refractivity contribution is 6.28. The molecule has 3 aromatic heterocycles. The number of fused-ring (bicyclic) bond motifs is 14. The van der Waals surface area contributed by atoms with Crippen molar-refractivity contribution in [3.05, 3.63) is 170 Å². The molecule has 0 bridgehead atoms. The van der Waals surface area contributed by atoms with Crippen LogP contribution in [-0.4, -0.2) is 9.13 Å². The van der Waals surface area contributed by atoms with Crippen LogP contribution < -0.4 is 0 Å². The Morgan fingerprint density at radius 1 is 0.340 bits per heavy atom. The van der Waals surface area contributed by atoms with E-state index in [0.29, 0.717) is 0 Å². The Kier molecular flexibility index (Phi) is 5.11. The molecule has 3 heterocycles. The fraction of sp³-hybridized carbons (Fsp3) is 0. The third-order valence-electron chi connectivity index (χ3n) is 11.8. The van der Waals surface area contributed by atoms with Crippen molar-refractivity contribution >= 4 is 87.1 Å². The Morgan fingerprint density at radius 2 is 1.08 bits per heavy atom. The molecule has 0 radical (unpaired) electrons. The van der Waals surface area contributed by atoms with E-state index in [0.717, 1.165) is 33.1 Å². The van der Waals surface area contributed by atoms with Gasteiger partial charge >= 0.3 is 0 Å². The van der Waals surface area contributed by atoms with Crippen LogP contribution in [0.3, 0.4) is 0 Å². The molecule has 1 aliphatic rings. The highest BCUT2D eigenvalue weighted by Gasteiger charge is 2.25. The van der Waals surface area contributed by atoms with Crippen LogP contribution in [0.2, 0.25) is 0 Å². The van der Waals surface area contributed by atoms with E-state index in [-0.39, 0.29) is 0 Å². The van der Waals surface area contributed by atoms with Crippen LogP contribution in [0.15, 0.2) is 174 Å². The molecule has 13 rings (SSSR count). The van der Waals surface area contributed by atoms with Crippen LogP contribution in [0.5, 0.6) is 0 Å². The molecule has 0 saturated heterocycles. The molecule has 0 aliphatic heterocycles. The van der Waals surface area contributed by atoms with Crippen LogP contribution in [0.1, 0.15) is 0 Å². The normalized spacial score (nSPS) is 12.5. The van der Waals surface area contributed by atoms with Crippen molar-refractivity contribution in [3.63, 3.8) is 0 Å². The van der Waals surface area contributed by atoms with Gasteiger partial charge in [0.25, 0.3) is 0 Å². The van der Waals surface area contributed by atoms with E-state index in [1.165, 1.54) is 87.6 Å². The molecular weight excluding hydrogens is 645 g/mol. The van der Waals surface area contributed by atoms with E-state index in [4.69, 9.17) is 4.42 Å². The first-order valence-corrected chi connectivity index (χ1v) is 18.3. The van der Waals surface area contributed by atoms with Crippen LogP contribution in [0.25, 0.3) is 121 Å². The van der Waals surface area contributed by atoms with Gasteiger partial charge < -0.3 is 13.6 Å². The van der Waals surface area contributed by atoms with Gasteiger partial charge in [0.2, 0.25) is 0 Å². The molecule has 9 aromatic carbocycles. The second-order valence-corrected chi connectivity index (χ2v) is 14.4. The Bertz CT molecular complexity index is 3560. The molecular formula is C50H28N2O. The van der Waals surface area contributed by atoms with Crippen molar-refractivity contribution in [2.45, 2.75) is 0 Å². The van der Waals surface area contributed by atoms with E-state index in [1.54, 1.807) is 0 Å². The number of aromatic nitrogens is 2. The zero-order chi connectivity index (χ0) is 34.4. The largest absolute Gasteiger partial charge is 0.456 e. The number of nitrogens with zero attached hydrogens (tertiary/aromatic N) is 2. The fourth-order valence-electron chi connectivity index (χ4n) is 9.62. The number of para-hydroxylation sites is 2. The first-order chi connectivity index (χ1) is 26.3. The maximum absolute atomic E-state index is 6.55. The minimum atomic E-state index is 0.899. The molecule has 0 saturated carbocycles. The van der Waals surface area contributed by atoms with Gasteiger partial charge in [-0.1, -0.05) is 121 Å². The molecule has 0 fully saturated rings. The summed E-state index contributed by atoms with van der Waals surface area (Å²) in [4.78, 5) is 0. The topological polar surface area (TPSA) is 23.0 Å². The third-order valence-corrected chi connectivity index (χ3v) is 11.8. The summed E-state index contributed by atoms with van der Waals surface area (Å²) in [5, 5.41) is 12.3. The zero-order valence-corrected chi connectivity index (χ0v) is 28.5. The van der Waals surface area contributed by atoms with Crippen molar-refractivity contribution in [1.29, 1.82) is 0 Å². The molecule has 244 valence electrons. The molecule has 0 spiro atoms. The van der Waals surface area contributed by atoms with E-state index >= 15 is 0 Å². The molecule has 0 amide bonds. The highest BCUT2D eigenvalue weighted by atomic mass is 16.3. The first-order valence-electron chi connectivity index (χ1n) is 18.3. The Morgan fingerprint density at radius 3 is 1.98 bits per heavy atom. The summed E-state index contributed by atoms with van der Waals surface area (Å²) >= 11 is 0. The van der Waals surface area contributed by atoms with Gasteiger partial charge in [0.05, 0.1) is 27.8 Å². The molecule has 53 heavy (non-hydrogen) atoms. The van der Waals surface area contributed by atoms with Crippen LogP contribution in [-0.2, 0) is 0 Å². The van der Waals surface area contributed by atoms with Crippen molar-refractivity contribution in [3.8, 4) is 33.6 Å². The van der Waals surface area contributed by atoms with Crippen LogP contribution in [0, 0.1) is 0 Å². The lowest BCUT2D eigenvalue weighted by Crippen LogP contribution is -1.96. The van der Waals surface area contributed by atoms with Gasteiger partial charge in [-0.3, -0.25) is 0 Å². The lowest BCUT2D eigenvalue weighted by atomic mass is 10.0. The summed E-state index contributed by atoms with van der Waals surface area (Å²) in [6.07, 6.45) is 0. The van der Waals surface area contributed by atoms with Crippen molar-refractivity contribution in [2.75, 3.05) is 0 Å². The van der Waals surface area contributed by atoms with Gasteiger partial charge in [0.15, 0.2) is 0 Å². The number of benzene rings is 9. The predicted molar refractivity (Wildman–Crippen MR) is 222 cm³/mol. The average Bonchev–Trinajstić information content (AvgIpc) is 3.94. The molecule has 3 nitrogen and oxygen atoms in total. The van der Waals surface area contributed by atoms with Gasteiger partial charge in [-0.25, -0.2) is 0 Å². The van der Waals surface area contributed by atoms with Crippen LogP contribution >= 0.6 is 0 Å².